The molecule has 3 unspecified atom stereocenters. The van der Waals surface area contributed by atoms with E-state index < -0.39 is 0 Å². The lowest BCUT2D eigenvalue weighted by Crippen LogP contribution is -2.55. The van der Waals surface area contributed by atoms with Gasteiger partial charge in [0.25, 0.3) is 0 Å². The zero-order valence-electron chi connectivity index (χ0n) is 14.7. The quantitative estimate of drug-likeness (QED) is 0.861. The second-order valence-corrected chi connectivity index (χ2v) is 7.82. The number of hydrogen-bond acceptors (Lipinski definition) is 3. The fourth-order valence-electron chi connectivity index (χ4n) is 5.03. The molecule has 3 aliphatic rings. The SMILES string of the molecule is CCC1CCCCN1CC1CCNCC1N1CCCCCC1. The van der Waals surface area contributed by atoms with Crippen LogP contribution in [0.3, 0.4) is 0 Å². The largest absolute Gasteiger partial charge is 0.315 e. The highest BCUT2D eigenvalue weighted by Gasteiger charge is 2.33. The summed E-state index contributed by atoms with van der Waals surface area (Å²) in [6, 6.07) is 1.67. The molecule has 3 atom stereocenters. The third kappa shape index (κ3) is 4.24. The summed E-state index contributed by atoms with van der Waals surface area (Å²) in [6.07, 6.45) is 12.8. The molecular weight excluding hydrogens is 270 g/mol. The standard InChI is InChI=1S/C19H37N3/c1-2-18-9-5-8-14-22(18)16-17-10-11-20-15-19(17)21-12-6-3-4-7-13-21/h17-20H,2-16H2,1H3. The summed E-state index contributed by atoms with van der Waals surface area (Å²) in [6.45, 7) is 10.3. The maximum Gasteiger partial charge on any atom is 0.0261 e. The van der Waals surface area contributed by atoms with Gasteiger partial charge >= 0.3 is 0 Å². The highest BCUT2D eigenvalue weighted by atomic mass is 15.2. The molecule has 128 valence electrons. The van der Waals surface area contributed by atoms with E-state index in [1.807, 2.05) is 0 Å². The van der Waals surface area contributed by atoms with E-state index in [9.17, 15) is 0 Å². The molecule has 3 nitrogen and oxygen atoms in total. The maximum atomic E-state index is 3.68. The van der Waals surface area contributed by atoms with E-state index in [1.54, 1.807) is 0 Å². The van der Waals surface area contributed by atoms with Gasteiger partial charge in [0.15, 0.2) is 0 Å². The molecule has 0 aromatic heterocycles. The van der Waals surface area contributed by atoms with Crippen LogP contribution in [0.5, 0.6) is 0 Å². The van der Waals surface area contributed by atoms with Crippen LogP contribution in [0.25, 0.3) is 0 Å². The topological polar surface area (TPSA) is 18.5 Å². The number of rotatable bonds is 4. The summed E-state index contributed by atoms with van der Waals surface area (Å²) < 4.78 is 0. The van der Waals surface area contributed by atoms with Crippen LogP contribution in [0.2, 0.25) is 0 Å². The molecule has 3 rings (SSSR count). The minimum atomic E-state index is 0.797. The number of hydrogen-bond donors (Lipinski definition) is 1. The van der Waals surface area contributed by atoms with Gasteiger partial charge in [0.1, 0.15) is 0 Å². The Labute approximate surface area is 137 Å². The lowest BCUT2D eigenvalue weighted by atomic mass is 9.88. The van der Waals surface area contributed by atoms with Gasteiger partial charge in [0, 0.05) is 25.2 Å². The van der Waals surface area contributed by atoms with Crippen molar-refractivity contribution < 1.29 is 0 Å². The monoisotopic (exact) mass is 307 g/mol. The molecule has 22 heavy (non-hydrogen) atoms. The van der Waals surface area contributed by atoms with Gasteiger partial charge in [-0.3, -0.25) is 4.90 Å². The van der Waals surface area contributed by atoms with Gasteiger partial charge in [-0.2, -0.15) is 0 Å². The molecular formula is C19H37N3. The van der Waals surface area contributed by atoms with Gasteiger partial charge in [0.05, 0.1) is 0 Å². The van der Waals surface area contributed by atoms with E-state index >= 15 is 0 Å². The van der Waals surface area contributed by atoms with Crippen molar-refractivity contribution in [2.45, 2.75) is 76.8 Å². The first-order valence-electron chi connectivity index (χ1n) is 10.1. The Morgan fingerprint density at radius 3 is 2.45 bits per heavy atom. The van der Waals surface area contributed by atoms with Crippen LogP contribution in [0.4, 0.5) is 0 Å². The van der Waals surface area contributed by atoms with Gasteiger partial charge < -0.3 is 10.2 Å². The number of piperidine rings is 2. The zero-order valence-corrected chi connectivity index (χ0v) is 14.7. The van der Waals surface area contributed by atoms with Crippen molar-refractivity contribution in [1.82, 2.24) is 15.1 Å². The third-order valence-electron chi connectivity index (χ3n) is 6.39. The molecule has 3 saturated heterocycles. The summed E-state index contributed by atoms with van der Waals surface area (Å²) in [7, 11) is 0. The lowest BCUT2D eigenvalue weighted by Gasteiger charge is -2.44. The van der Waals surface area contributed by atoms with Crippen LogP contribution in [-0.2, 0) is 0 Å². The Bertz CT molecular complexity index is 312. The molecule has 0 radical (unpaired) electrons. The number of likely N-dealkylation sites (tertiary alicyclic amines) is 2. The molecule has 3 heteroatoms. The Morgan fingerprint density at radius 2 is 1.68 bits per heavy atom. The highest BCUT2D eigenvalue weighted by molar-refractivity contribution is 4.90. The molecule has 0 aliphatic carbocycles. The van der Waals surface area contributed by atoms with Gasteiger partial charge in [-0.25, -0.2) is 0 Å². The molecule has 3 heterocycles. The van der Waals surface area contributed by atoms with Crippen molar-refractivity contribution >= 4 is 0 Å². The van der Waals surface area contributed by atoms with Crippen LogP contribution >= 0.6 is 0 Å². The Balaban J connectivity index is 1.61. The van der Waals surface area contributed by atoms with Crippen LogP contribution in [-0.4, -0.2) is 61.2 Å². The second kappa shape index (κ2) is 8.65. The molecule has 0 amide bonds. The average molecular weight is 308 g/mol. The fourth-order valence-corrected chi connectivity index (χ4v) is 5.03. The van der Waals surface area contributed by atoms with E-state index in [4.69, 9.17) is 0 Å². The first-order chi connectivity index (χ1) is 10.9. The third-order valence-corrected chi connectivity index (χ3v) is 6.39. The van der Waals surface area contributed by atoms with Gasteiger partial charge in [-0.15, -0.1) is 0 Å². The van der Waals surface area contributed by atoms with E-state index in [1.165, 1.54) is 97.1 Å². The molecule has 0 saturated carbocycles. The van der Waals surface area contributed by atoms with Crippen molar-refractivity contribution in [3.63, 3.8) is 0 Å². The van der Waals surface area contributed by atoms with Gasteiger partial charge in [-0.05, 0) is 70.6 Å². The van der Waals surface area contributed by atoms with Crippen molar-refractivity contribution in [3.05, 3.63) is 0 Å². The van der Waals surface area contributed by atoms with Crippen molar-refractivity contribution in [2.24, 2.45) is 5.92 Å². The van der Waals surface area contributed by atoms with E-state index in [-0.39, 0.29) is 0 Å². The highest BCUT2D eigenvalue weighted by Crippen LogP contribution is 2.26. The zero-order chi connectivity index (χ0) is 15.2. The van der Waals surface area contributed by atoms with Gasteiger partial charge in [0.2, 0.25) is 0 Å². The molecule has 0 aromatic rings. The number of nitrogens with one attached hydrogen (secondary N) is 1. The van der Waals surface area contributed by atoms with E-state index in [2.05, 4.69) is 22.0 Å². The second-order valence-electron chi connectivity index (χ2n) is 7.82. The molecule has 3 fully saturated rings. The summed E-state index contributed by atoms with van der Waals surface area (Å²) in [5.74, 6) is 0.895. The average Bonchev–Trinajstić information content (AvgIpc) is 2.85. The minimum absolute atomic E-state index is 0.797. The van der Waals surface area contributed by atoms with Gasteiger partial charge in [-0.1, -0.05) is 26.2 Å². The maximum absolute atomic E-state index is 3.68. The van der Waals surface area contributed by atoms with E-state index in [0.717, 1.165) is 18.0 Å². The molecule has 0 bridgehead atoms. The van der Waals surface area contributed by atoms with Crippen molar-refractivity contribution in [1.29, 1.82) is 0 Å². The minimum Gasteiger partial charge on any atom is -0.315 e. The van der Waals surface area contributed by atoms with E-state index in [0.29, 0.717) is 0 Å². The van der Waals surface area contributed by atoms with Crippen LogP contribution < -0.4 is 5.32 Å². The van der Waals surface area contributed by atoms with Crippen LogP contribution in [0.15, 0.2) is 0 Å². The fraction of sp³-hybridized carbons (Fsp3) is 1.00. The Kier molecular flexibility index (Phi) is 6.58. The first-order valence-corrected chi connectivity index (χ1v) is 10.1. The van der Waals surface area contributed by atoms with Crippen LogP contribution in [0.1, 0.15) is 64.7 Å². The summed E-state index contributed by atoms with van der Waals surface area (Å²) in [5.41, 5.74) is 0. The molecule has 0 aromatic carbocycles. The first kappa shape index (κ1) is 16.7. The smallest absolute Gasteiger partial charge is 0.0261 e. The molecule has 1 N–H and O–H groups in total. The lowest BCUT2D eigenvalue weighted by molar-refractivity contribution is 0.0584. The summed E-state index contributed by atoms with van der Waals surface area (Å²) >= 11 is 0. The number of nitrogens with zero attached hydrogens (tertiary/aromatic N) is 2. The predicted octanol–water partition coefficient (Wildman–Crippen LogP) is 3.11. The Morgan fingerprint density at radius 1 is 0.909 bits per heavy atom. The normalized spacial score (nSPS) is 36.1. The van der Waals surface area contributed by atoms with Crippen molar-refractivity contribution in [3.8, 4) is 0 Å². The van der Waals surface area contributed by atoms with Crippen LogP contribution in [0, 0.1) is 5.92 Å². The molecule has 0 spiro atoms. The predicted molar refractivity (Wildman–Crippen MR) is 94.3 cm³/mol. The summed E-state index contributed by atoms with van der Waals surface area (Å²) in [5, 5.41) is 3.68. The van der Waals surface area contributed by atoms with Crippen molar-refractivity contribution in [2.75, 3.05) is 39.3 Å². The Hall–Kier alpha value is -0.120. The summed E-state index contributed by atoms with van der Waals surface area (Å²) in [4.78, 5) is 5.69. The molecule has 3 aliphatic heterocycles.